The van der Waals surface area contributed by atoms with Crippen molar-refractivity contribution in [3.05, 3.63) is 83.4 Å². The van der Waals surface area contributed by atoms with Crippen LogP contribution < -0.4 is 25.2 Å². The van der Waals surface area contributed by atoms with E-state index in [1.807, 2.05) is 0 Å². The molecule has 1 fully saturated rings. The van der Waals surface area contributed by atoms with Crippen LogP contribution in [0.5, 0.6) is 5.75 Å². The number of hydrogen-bond donors (Lipinski definition) is 2. The van der Waals surface area contributed by atoms with E-state index in [1.165, 1.54) is 12.0 Å². The second-order valence-electron chi connectivity index (χ2n) is 10.6. The maximum atomic E-state index is 13.6. The van der Waals surface area contributed by atoms with E-state index in [9.17, 15) is 19.2 Å². The predicted molar refractivity (Wildman–Crippen MR) is 170 cm³/mol. The number of carbonyl (C=O) groups excluding carboxylic acids is 4. The van der Waals surface area contributed by atoms with Crippen molar-refractivity contribution in [2.75, 3.05) is 49.0 Å². The number of hydrogen-bond acceptors (Lipinski definition) is 6. The fraction of sp³-hybridized carbons (Fsp3) is 0.333. The molecule has 0 bridgehead atoms. The Labute approximate surface area is 262 Å². The van der Waals surface area contributed by atoms with Gasteiger partial charge in [-0.05, 0) is 66.8 Å². The topological polar surface area (TPSA) is 117 Å². The van der Waals surface area contributed by atoms with Gasteiger partial charge in [0.1, 0.15) is 5.75 Å². The summed E-state index contributed by atoms with van der Waals surface area (Å²) in [7, 11) is 2.96. The summed E-state index contributed by atoms with van der Waals surface area (Å²) in [6.07, 6.45) is 4.29. The van der Waals surface area contributed by atoms with Crippen molar-refractivity contribution in [1.29, 1.82) is 0 Å². The molecule has 1 aliphatic rings. The number of halogens is 1. The number of esters is 1. The quantitative estimate of drug-likeness (QED) is 0.260. The lowest BCUT2D eigenvalue weighted by atomic mass is 10.1. The van der Waals surface area contributed by atoms with Gasteiger partial charge < -0.3 is 29.9 Å². The summed E-state index contributed by atoms with van der Waals surface area (Å²) < 4.78 is 10.7. The van der Waals surface area contributed by atoms with E-state index in [2.05, 4.69) is 10.6 Å². The van der Waals surface area contributed by atoms with E-state index in [0.717, 1.165) is 25.7 Å². The molecule has 0 saturated heterocycles. The van der Waals surface area contributed by atoms with Crippen LogP contribution in [0.1, 0.15) is 31.2 Å². The largest absolute Gasteiger partial charge is 0.482 e. The molecule has 11 heteroatoms. The number of anilines is 3. The van der Waals surface area contributed by atoms with E-state index < -0.39 is 6.03 Å². The van der Waals surface area contributed by atoms with Crippen LogP contribution in [0.4, 0.5) is 21.9 Å². The zero-order valence-electron chi connectivity index (χ0n) is 24.9. The Hall–Kier alpha value is -4.57. The van der Waals surface area contributed by atoms with Gasteiger partial charge in [0.25, 0.3) is 5.91 Å². The molecule has 3 aromatic rings. The smallest absolute Gasteiger partial charge is 0.319 e. The van der Waals surface area contributed by atoms with E-state index in [4.69, 9.17) is 21.1 Å². The van der Waals surface area contributed by atoms with Crippen LogP contribution in [0, 0.1) is 5.92 Å². The number of carbonyl (C=O) groups is 4. The second kappa shape index (κ2) is 15.8. The first-order valence-electron chi connectivity index (χ1n) is 14.5. The summed E-state index contributed by atoms with van der Waals surface area (Å²) in [4.78, 5) is 53.9. The van der Waals surface area contributed by atoms with E-state index >= 15 is 0 Å². The van der Waals surface area contributed by atoms with E-state index in [-0.39, 0.29) is 37.4 Å². The number of para-hydroxylation sites is 2. The summed E-state index contributed by atoms with van der Waals surface area (Å²) in [6.45, 7) is -0.0409. The first kappa shape index (κ1) is 32.3. The molecule has 1 aliphatic carbocycles. The summed E-state index contributed by atoms with van der Waals surface area (Å²) in [5, 5.41) is 5.86. The highest BCUT2D eigenvalue weighted by Gasteiger charge is 2.26. The first-order valence-corrected chi connectivity index (χ1v) is 14.9. The number of nitrogens with one attached hydrogen (secondary N) is 2. The Morgan fingerprint density at radius 1 is 0.932 bits per heavy atom. The molecule has 44 heavy (non-hydrogen) atoms. The third kappa shape index (κ3) is 9.21. The molecule has 10 nitrogen and oxygen atoms in total. The number of amides is 4. The van der Waals surface area contributed by atoms with Crippen molar-refractivity contribution >= 4 is 52.5 Å². The van der Waals surface area contributed by atoms with Crippen LogP contribution in [0.2, 0.25) is 5.02 Å². The minimum absolute atomic E-state index is 0.0756. The number of nitrogens with zero attached hydrogens (tertiary/aromatic N) is 2. The predicted octanol–water partition coefficient (Wildman–Crippen LogP) is 5.44. The maximum absolute atomic E-state index is 13.6. The van der Waals surface area contributed by atoms with Crippen molar-refractivity contribution < 1.29 is 28.7 Å². The van der Waals surface area contributed by atoms with Gasteiger partial charge in [-0.2, -0.15) is 0 Å². The molecule has 0 unspecified atom stereocenters. The lowest BCUT2D eigenvalue weighted by molar-refractivity contribution is -0.139. The standard InChI is InChI=1S/C33H37ClN4O6/c1-37(27-14-8-12-25(34)19-27)31(40)22-44-29-16-6-5-15-28(29)38(21-23-9-3-4-10-23)30(39)20-35-33(42)36-26-13-7-11-24(17-26)18-32(41)43-2/h5-8,11-17,19,23H,3-4,9-10,18,20-22H2,1-2H3,(H2,35,36,42). The Morgan fingerprint density at radius 2 is 1.68 bits per heavy atom. The van der Waals surface area contributed by atoms with Crippen LogP contribution in [-0.4, -0.2) is 57.7 Å². The first-order chi connectivity index (χ1) is 21.2. The van der Waals surface area contributed by atoms with Crippen molar-refractivity contribution in [2.45, 2.75) is 32.1 Å². The molecule has 0 heterocycles. The lowest BCUT2D eigenvalue weighted by Gasteiger charge is -2.28. The number of methoxy groups -OCH3 is 1. The highest BCUT2D eigenvalue weighted by atomic mass is 35.5. The number of rotatable bonds is 12. The van der Waals surface area contributed by atoms with Gasteiger partial charge in [0.2, 0.25) is 5.91 Å². The van der Waals surface area contributed by atoms with E-state index in [0.29, 0.717) is 45.9 Å². The molecule has 0 aromatic heterocycles. The number of urea groups is 1. The van der Waals surface area contributed by atoms with Crippen molar-refractivity contribution in [2.24, 2.45) is 5.92 Å². The third-order valence-corrected chi connectivity index (χ3v) is 7.69. The van der Waals surface area contributed by atoms with Gasteiger partial charge >= 0.3 is 12.0 Å². The number of ether oxygens (including phenoxy) is 2. The third-order valence-electron chi connectivity index (χ3n) is 7.45. The molecule has 4 amide bonds. The highest BCUT2D eigenvalue weighted by molar-refractivity contribution is 6.30. The summed E-state index contributed by atoms with van der Waals surface area (Å²) in [5.74, 6) is -0.288. The molecule has 4 rings (SSSR count). The van der Waals surface area contributed by atoms with Gasteiger partial charge in [0, 0.05) is 30.0 Å². The Bertz CT molecular complexity index is 1480. The van der Waals surface area contributed by atoms with Crippen molar-refractivity contribution in [3.63, 3.8) is 0 Å². The lowest BCUT2D eigenvalue weighted by Crippen LogP contribution is -2.43. The average Bonchev–Trinajstić information content (AvgIpc) is 3.54. The zero-order chi connectivity index (χ0) is 31.5. The molecular formula is C33H37ClN4O6. The van der Waals surface area contributed by atoms with Crippen LogP contribution in [0.15, 0.2) is 72.8 Å². The van der Waals surface area contributed by atoms with Crippen LogP contribution in [0.3, 0.4) is 0 Å². The van der Waals surface area contributed by atoms with Gasteiger partial charge in [-0.15, -0.1) is 0 Å². The van der Waals surface area contributed by atoms with Gasteiger partial charge in [-0.25, -0.2) is 4.79 Å². The van der Waals surface area contributed by atoms with Crippen LogP contribution >= 0.6 is 11.6 Å². The average molecular weight is 621 g/mol. The minimum Gasteiger partial charge on any atom is -0.482 e. The zero-order valence-corrected chi connectivity index (χ0v) is 25.6. The van der Waals surface area contributed by atoms with Gasteiger partial charge in [-0.3, -0.25) is 14.4 Å². The van der Waals surface area contributed by atoms with Gasteiger partial charge in [0.05, 0.1) is 25.8 Å². The summed E-state index contributed by atoms with van der Waals surface area (Å²) in [5.41, 5.74) is 2.32. The number of benzene rings is 3. The van der Waals surface area contributed by atoms with Crippen molar-refractivity contribution in [3.8, 4) is 5.75 Å². The monoisotopic (exact) mass is 620 g/mol. The fourth-order valence-corrected chi connectivity index (χ4v) is 5.26. The number of likely N-dealkylation sites (N-methyl/N-ethyl adjacent to an activating group) is 1. The molecular weight excluding hydrogens is 584 g/mol. The summed E-state index contributed by atoms with van der Waals surface area (Å²) >= 11 is 6.08. The van der Waals surface area contributed by atoms with Crippen molar-refractivity contribution in [1.82, 2.24) is 5.32 Å². The molecule has 1 saturated carbocycles. The Morgan fingerprint density at radius 3 is 2.43 bits per heavy atom. The molecule has 2 N–H and O–H groups in total. The van der Waals surface area contributed by atoms with Crippen LogP contribution in [-0.2, 0) is 25.5 Å². The van der Waals surface area contributed by atoms with Gasteiger partial charge in [-0.1, -0.05) is 54.8 Å². The van der Waals surface area contributed by atoms with Gasteiger partial charge in [0.15, 0.2) is 6.61 Å². The fourth-order valence-electron chi connectivity index (χ4n) is 5.08. The molecule has 232 valence electrons. The normalized spacial score (nSPS) is 12.7. The molecule has 0 aliphatic heterocycles. The Kier molecular flexibility index (Phi) is 11.6. The molecule has 3 aromatic carbocycles. The SMILES string of the molecule is COC(=O)Cc1cccc(NC(=O)NCC(=O)N(CC2CCCC2)c2ccccc2OCC(=O)N(C)c2cccc(Cl)c2)c1. The molecule has 0 atom stereocenters. The van der Waals surface area contributed by atoms with E-state index in [1.54, 1.807) is 84.7 Å². The van der Waals surface area contributed by atoms with Crippen LogP contribution in [0.25, 0.3) is 0 Å². The Balaban J connectivity index is 1.42. The highest BCUT2D eigenvalue weighted by Crippen LogP contribution is 2.32. The molecule has 0 radical (unpaired) electrons. The molecule has 0 spiro atoms. The second-order valence-corrected chi connectivity index (χ2v) is 11.0. The summed E-state index contributed by atoms with van der Waals surface area (Å²) in [6, 6.07) is 20.3. The minimum atomic E-state index is -0.562. The maximum Gasteiger partial charge on any atom is 0.319 e.